The van der Waals surface area contributed by atoms with Crippen LogP contribution in [0, 0.1) is 5.82 Å². The zero-order chi connectivity index (χ0) is 18.1. The van der Waals surface area contributed by atoms with Crippen LogP contribution in [0.1, 0.15) is 23.7 Å². The Morgan fingerprint density at radius 1 is 1.29 bits per heavy atom. The number of methoxy groups -OCH3 is 1. The predicted octanol–water partition coefficient (Wildman–Crippen LogP) is 0.976. The summed E-state index contributed by atoms with van der Waals surface area (Å²) in [6.07, 6.45) is 0.791. The van der Waals surface area contributed by atoms with E-state index in [1.165, 1.54) is 26.3 Å². The molecule has 24 heavy (non-hydrogen) atoms. The lowest BCUT2D eigenvalue weighted by Crippen LogP contribution is -2.40. The molecule has 0 bridgehead atoms. The molecule has 0 saturated heterocycles. The molecule has 132 valence electrons. The van der Waals surface area contributed by atoms with Gasteiger partial charge >= 0.3 is 5.97 Å². The summed E-state index contributed by atoms with van der Waals surface area (Å²) < 4.78 is 23.1. The average molecular weight is 340 g/mol. The summed E-state index contributed by atoms with van der Waals surface area (Å²) in [4.78, 5) is 36.3. The predicted molar refractivity (Wildman–Crippen MR) is 84.2 cm³/mol. The number of benzene rings is 1. The summed E-state index contributed by atoms with van der Waals surface area (Å²) in [5.41, 5.74) is -0.0376. The van der Waals surface area contributed by atoms with Crippen molar-refractivity contribution in [2.24, 2.45) is 0 Å². The van der Waals surface area contributed by atoms with Crippen LogP contribution in [0.4, 0.5) is 4.39 Å². The molecule has 0 aromatic heterocycles. The molecule has 1 aromatic rings. The fourth-order valence-electron chi connectivity index (χ4n) is 1.74. The molecule has 2 amide bonds. The number of carbonyl (C=O) groups excluding carboxylic acids is 3. The van der Waals surface area contributed by atoms with Gasteiger partial charge in [0.05, 0.1) is 19.2 Å². The zero-order valence-corrected chi connectivity index (χ0v) is 13.9. The number of ether oxygens (including phenoxy) is 2. The van der Waals surface area contributed by atoms with Crippen molar-refractivity contribution in [3.8, 4) is 5.75 Å². The highest BCUT2D eigenvalue weighted by molar-refractivity contribution is 5.92. The molecule has 0 atom stereocenters. The van der Waals surface area contributed by atoms with Crippen molar-refractivity contribution in [3.05, 3.63) is 29.6 Å². The fraction of sp³-hybridized carbons (Fsp3) is 0.438. The molecule has 0 unspecified atom stereocenters. The third-order valence-electron chi connectivity index (χ3n) is 3.09. The molecule has 0 aliphatic carbocycles. The lowest BCUT2D eigenvalue weighted by Gasteiger charge is -2.16. The number of hydrogen-bond donors (Lipinski definition) is 1. The first kappa shape index (κ1) is 19.4. The third kappa shape index (κ3) is 5.86. The van der Waals surface area contributed by atoms with Crippen molar-refractivity contribution in [2.75, 3.05) is 33.9 Å². The van der Waals surface area contributed by atoms with E-state index in [0.29, 0.717) is 6.54 Å². The minimum absolute atomic E-state index is 0.000418. The molecule has 7 nitrogen and oxygen atoms in total. The first-order chi connectivity index (χ1) is 11.4. The molecule has 0 saturated carbocycles. The third-order valence-corrected chi connectivity index (χ3v) is 3.09. The number of amides is 2. The van der Waals surface area contributed by atoms with Gasteiger partial charge < -0.3 is 19.7 Å². The minimum atomic E-state index is -0.839. The average Bonchev–Trinajstić information content (AvgIpc) is 2.57. The lowest BCUT2D eigenvalue weighted by atomic mass is 10.2. The Balaban J connectivity index is 2.49. The van der Waals surface area contributed by atoms with E-state index in [0.717, 1.165) is 17.4 Å². The maximum atomic E-state index is 13.5. The highest BCUT2D eigenvalue weighted by atomic mass is 19.1. The van der Waals surface area contributed by atoms with Gasteiger partial charge in [0, 0.05) is 13.6 Å². The molecule has 0 fully saturated rings. The van der Waals surface area contributed by atoms with Crippen molar-refractivity contribution in [1.29, 1.82) is 0 Å². The molecule has 0 aliphatic heterocycles. The van der Waals surface area contributed by atoms with Crippen LogP contribution < -0.4 is 10.1 Å². The van der Waals surface area contributed by atoms with Crippen molar-refractivity contribution < 1.29 is 28.2 Å². The summed E-state index contributed by atoms with van der Waals surface area (Å²) >= 11 is 0. The number of halogens is 1. The van der Waals surface area contributed by atoms with Gasteiger partial charge in [-0.05, 0) is 24.6 Å². The molecule has 1 aromatic carbocycles. The molecule has 1 rings (SSSR count). The molecule has 8 heteroatoms. The van der Waals surface area contributed by atoms with E-state index in [1.807, 2.05) is 6.92 Å². The Kier molecular flexibility index (Phi) is 7.67. The SMILES string of the molecule is CCCNC(=O)CN(C)C(=O)COC(=O)c1ccc(OC)c(F)c1. The van der Waals surface area contributed by atoms with Gasteiger partial charge in [0.25, 0.3) is 5.91 Å². The number of likely N-dealkylation sites (N-methyl/N-ethyl adjacent to an activating group) is 1. The number of nitrogens with one attached hydrogen (secondary N) is 1. The van der Waals surface area contributed by atoms with E-state index < -0.39 is 24.3 Å². The van der Waals surface area contributed by atoms with Crippen LogP contribution in [0.5, 0.6) is 5.75 Å². The summed E-state index contributed by atoms with van der Waals surface area (Å²) in [5.74, 6) is -2.38. The normalized spacial score (nSPS) is 10.0. The van der Waals surface area contributed by atoms with Crippen LogP contribution in [0.25, 0.3) is 0 Å². The Morgan fingerprint density at radius 3 is 2.58 bits per heavy atom. The number of hydrogen-bond acceptors (Lipinski definition) is 5. The van der Waals surface area contributed by atoms with Gasteiger partial charge in [0.1, 0.15) is 0 Å². The highest BCUT2D eigenvalue weighted by Gasteiger charge is 2.16. The van der Waals surface area contributed by atoms with Crippen LogP contribution in [0.2, 0.25) is 0 Å². The van der Waals surface area contributed by atoms with Crippen LogP contribution in [0.3, 0.4) is 0 Å². The topological polar surface area (TPSA) is 84.9 Å². The number of rotatable bonds is 8. The van der Waals surface area contributed by atoms with E-state index in [-0.39, 0.29) is 23.8 Å². The Morgan fingerprint density at radius 2 is 2.00 bits per heavy atom. The minimum Gasteiger partial charge on any atom is -0.494 e. The molecular weight excluding hydrogens is 319 g/mol. The Bertz CT molecular complexity index is 606. The second-order valence-corrected chi connectivity index (χ2v) is 5.03. The first-order valence-corrected chi connectivity index (χ1v) is 7.40. The number of esters is 1. The van der Waals surface area contributed by atoms with Crippen LogP contribution >= 0.6 is 0 Å². The van der Waals surface area contributed by atoms with E-state index in [2.05, 4.69) is 5.32 Å². The maximum Gasteiger partial charge on any atom is 0.338 e. The summed E-state index contributed by atoms with van der Waals surface area (Å²) in [6.45, 7) is 1.77. The molecule has 0 spiro atoms. The molecule has 0 radical (unpaired) electrons. The Hall–Kier alpha value is -2.64. The van der Waals surface area contributed by atoms with Gasteiger partial charge in [-0.15, -0.1) is 0 Å². The van der Waals surface area contributed by atoms with Crippen molar-refractivity contribution in [3.63, 3.8) is 0 Å². The van der Waals surface area contributed by atoms with E-state index in [1.54, 1.807) is 0 Å². The van der Waals surface area contributed by atoms with Gasteiger partial charge in [-0.2, -0.15) is 0 Å². The molecule has 1 N–H and O–H groups in total. The van der Waals surface area contributed by atoms with Gasteiger partial charge in [0.2, 0.25) is 5.91 Å². The number of nitrogens with zero attached hydrogens (tertiary/aromatic N) is 1. The monoisotopic (exact) mass is 340 g/mol. The lowest BCUT2D eigenvalue weighted by molar-refractivity contribution is -0.137. The quantitative estimate of drug-likeness (QED) is 0.713. The highest BCUT2D eigenvalue weighted by Crippen LogP contribution is 2.18. The van der Waals surface area contributed by atoms with Crippen LogP contribution in [-0.4, -0.2) is 56.5 Å². The first-order valence-electron chi connectivity index (χ1n) is 7.40. The van der Waals surface area contributed by atoms with Gasteiger partial charge in [-0.25, -0.2) is 9.18 Å². The molecule has 0 aliphatic rings. The fourth-order valence-corrected chi connectivity index (χ4v) is 1.74. The van der Waals surface area contributed by atoms with E-state index >= 15 is 0 Å². The van der Waals surface area contributed by atoms with Crippen molar-refractivity contribution in [2.45, 2.75) is 13.3 Å². The van der Waals surface area contributed by atoms with Crippen LogP contribution in [-0.2, 0) is 14.3 Å². The van der Waals surface area contributed by atoms with Crippen molar-refractivity contribution in [1.82, 2.24) is 10.2 Å². The molecule has 0 heterocycles. The van der Waals surface area contributed by atoms with E-state index in [9.17, 15) is 18.8 Å². The van der Waals surface area contributed by atoms with Gasteiger partial charge in [0.15, 0.2) is 18.2 Å². The number of carbonyl (C=O) groups is 3. The zero-order valence-electron chi connectivity index (χ0n) is 13.9. The summed E-state index contributed by atoms with van der Waals surface area (Å²) in [6, 6.07) is 3.59. The van der Waals surface area contributed by atoms with E-state index in [4.69, 9.17) is 9.47 Å². The largest absolute Gasteiger partial charge is 0.494 e. The standard InChI is InChI=1S/C16H21FN2O5/c1-4-7-18-14(20)9-19(2)15(21)10-24-16(22)11-5-6-13(23-3)12(17)8-11/h5-6,8H,4,7,9-10H2,1-3H3,(H,18,20). The maximum absolute atomic E-state index is 13.5. The smallest absolute Gasteiger partial charge is 0.338 e. The van der Waals surface area contributed by atoms with Gasteiger partial charge in [-0.3, -0.25) is 9.59 Å². The molecular formula is C16H21FN2O5. The van der Waals surface area contributed by atoms with Crippen molar-refractivity contribution >= 4 is 17.8 Å². The van der Waals surface area contributed by atoms with Crippen LogP contribution in [0.15, 0.2) is 18.2 Å². The second-order valence-electron chi connectivity index (χ2n) is 5.03. The van der Waals surface area contributed by atoms with Gasteiger partial charge in [-0.1, -0.05) is 6.92 Å². The second kappa shape index (κ2) is 9.49. The Labute approximate surface area is 139 Å². The summed E-state index contributed by atoms with van der Waals surface area (Å²) in [5, 5.41) is 2.63. The summed E-state index contributed by atoms with van der Waals surface area (Å²) in [7, 11) is 2.73.